The van der Waals surface area contributed by atoms with Crippen LogP contribution in [0.2, 0.25) is 0 Å². The lowest BCUT2D eigenvalue weighted by Crippen LogP contribution is -2.09. The summed E-state index contributed by atoms with van der Waals surface area (Å²) in [5.74, 6) is 2.09. The maximum atomic E-state index is 11.9. The zero-order valence-corrected chi connectivity index (χ0v) is 16.0. The van der Waals surface area contributed by atoms with Crippen molar-refractivity contribution in [3.05, 3.63) is 65.9 Å². The molecule has 0 aliphatic heterocycles. The molecule has 3 aromatic rings. The third-order valence-corrected chi connectivity index (χ3v) is 4.10. The Balaban J connectivity index is 1.79. The molecule has 1 heterocycles. The Bertz CT molecular complexity index is 961. The number of ether oxygens (including phenoxy) is 2. The van der Waals surface area contributed by atoms with Gasteiger partial charge in [-0.25, -0.2) is 4.98 Å². The Kier molecular flexibility index (Phi) is 6.06. The smallest absolute Gasteiger partial charge is 0.224 e. The molecule has 0 bridgehead atoms. The highest BCUT2D eigenvalue weighted by Crippen LogP contribution is 2.28. The SMILES string of the molecule is COc1ccc(CNc2ncc(C(C)=O)c(Nc3ccccc3)n2)cc1OC. The Labute approximate surface area is 163 Å². The van der Waals surface area contributed by atoms with Crippen LogP contribution in [0.3, 0.4) is 0 Å². The van der Waals surface area contributed by atoms with Gasteiger partial charge in [0.15, 0.2) is 17.3 Å². The summed E-state index contributed by atoms with van der Waals surface area (Å²) in [5, 5.41) is 6.35. The number of hydrogen-bond donors (Lipinski definition) is 2. The molecule has 0 aliphatic carbocycles. The first-order valence-corrected chi connectivity index (χ1v) is 8.75. The van der Waals surface area contributed by atoms with E-state index in [1.54, 1.807) is 14.2 Å². The van der Waals surface area contributed by atoms with E-state index in [0.29, 0.717) is 35.4 Å². The molecule has 28 heavy (non-hydrogen) atoms. The highest BCUT2D eigenvalue weighted by atomic mass is 16.5. The zero-order valence-electron chi connectivity index (χ0n) is 16.0. The van der Waals surface area contributed by atoms with E-state index >= 15 is 0 Å². The van der Waals surface area contributed by atoms with Crippen LogP contribution < -0.4 is 20.1 Å². The second-order valence-corrected chi connectivity index (χ2v) is 6.05. The molecule has 0 aliphatic rings. The van der Waals surface area contributed by atoms with Crippen LogP contribution in [-0.4, -0.2) is 30.0 Å². The second-order valence-electron chi connectivity index (χ2n) is 6.05. The van der Waals surface area contributed by atoms with Crippen molar-refractivity contribution in [3.63, 3.8) is 0 Å². The number of rotatable bonds is 8. The van der Waals surface area contributed by atoms with Gasteiger partial charge in [0.1, 0.15) is 5.82 Å². The molecule has 0 fully saturated rings. The minimum absolute atomic E-state index is 0.107. The summed E-state index contributed by atoms with van der Waals surface area (Å²) in [7, 11) is 3.20. The van der Waals surface area contributed by atoms with Gasteiger partial charge < -0.3 is 20.1 Å². The van der Waals surface area contributed by atoms with Crippen LogP contribution in [-0.2, 0) is 6.54 Å². The van der Waals surface area contributed by atoms with Gasteiger partial charge in [0, 0.05) is 18.4 Å². The summed E-state index contributed by atoms with van der Waals surface area (Å²) in [4.78, 5) is 20.6. The number of hydrogen-bond acceptors (Lipinski definition) is 7. The van der Waals surface area contributed by atoms with Gasteiger partial charge in [-0.3, -0.25) is 4.79 Å². The molecule has 0 saturated heterocycles. The number of Topliss-reactive ketones (excluding diaryl/α,β-unsaturated/α-hetero) is 1. The number of benzene rings is 2. The molecule has 2 N–H and O–H groups in total. The molecular weight excluding hydrogens is 356 g/mol. The lowest BCUT2D eigenvalue weighted by Gasteiger charge is -2.13. The topological polar surface area (TPSA) is 85.4 Å². The molecule has 7 nitrogen and oxygen atoms in total. The van der Waals surface area contributed by atoms with Crippen LogP contribution in [0.15, 0.2) is 54.7 Å². The van der Waals surface area contributed by atoms with E-state index in [4.69, 9.17) is 9.47 Å². The predicted octanol–water partition coefficient (Wildman–Crippen LogP) is 4.05. The maximum absolute atomic E-state index is 11.9. The van der Waals surface area contributed by atoms with Gasteiger partial charge in [-0.1, -0.05) is 24.3 Å². The molecule has 1 aromatic heterocycles. The van der Waals surface area contributed by atoms with Crippen molar-refractivity contribution in [2.45, 2.75) is 13.5 Å². The summed E-state index contributed by atoms with van der Waals surface area (Å²) in [6.07, 6.45) is 1.53. The third-order valence-electron chi connectivity index (χ3n) is 4.10. The molecule has 7 heteroatoms. The van der Waals surface area contributed by atoms with Crippen molar-refractivity contribution in [1.82, 2.24) is 9.97 Å². The van der Waals surface area contributed by atoms with Crippen molar-refractivity contribution >= 4 is 23.2 Å². The van der Waals surface area contributed by atoms with Crippen LogP contribution in [0.4, 0.5) is 17.5 Å². The van der Waals surface area contributed by atoms with Crippen LogP contribution in [0, 0.1) is 0 Å². The first-order chi connectivity index (χ1) is 13.6. The number of para-hydroxylation sites is 1. The second kappa shape index (κ2) is 8.85. The molecule has 0 atom stereocenters. The Morgan fingerprint density at radius 2 is 1.79 bits per heavy atom. The number of methoxy groups -OCH3 is 2. The van der Waals surface area contributed by atoms with Gasteiger partial charge in [-0.2, -0.15) is 4.98 Å². The Hall–Kier alpha value is -3.61. The first kappa shape index (κ1) is 19.2. The van der Waals surface area contributed by atoms with Crippen LogP contribution in [0.1, 0.15) is 22.8 Å². The molecule has 0 spiro atoms. The summed E-state index contributed by atoms with van der Waals surface area (Å²) in [5.41, 5.74) is 2.25. The van der Waals surface area contributed by atoms with E-state index in [0.717, 1.165) is 11.3 Å². The van der Waals surface area contributed by atoms with Crippen LogP contribution >= 0.6 is 0 Å². The number of nitrogens with one attached hydrogen (secondary N) is 2. The quantitative estimate of drug-likeness (QED) is 0.572. The van der Waals surface area contributed by atoms with Gasteiger partial charge in [0.05, 0.1) is 19.8 Å². The normalized spacial score (nSPS) is 10.2. The molecule has 2 aromatic carbocycles. The average Bonchev–Trinajstić information content (AvgIpc) is 2.72. The predicted molar refractivity (Wildman–Crippen MR) is 109 cm³/mol. The first-order valence-electron chi connectivity index (χ1n) is 8.75. The standard InChI is InChI=1S/C21H22N4O3/c1-14(26)17-13-23-21(25-20(17)24-16-7-5-4-6-8-16)22-12-15-9-10-18(27-2)19(11-15)28-3/h4-11,13H,12H2,1-3H3,(H2,22,23,24,25). The van der Waals surface area contributed by atoms with Crippen molar-refractivity contribution in [2.24, 2.45) is 0 Å². The molecular formula is C21H22N4O3. The molecule has 0 saturated carbocycles. The number of nitrogens with zero attached hydrogens (tertiary/aromatic N) is 2. The van der Waals surface area contributed by atoms with Crippen LogP contribution in [0.25, 0.3) is 0 Å². The maximum Gasteiger partial charge on any atom is 0.224 e. The van der Waals surface area contributed by atoms with E-state index in [1.165, 1.54) is 13.1 Å². The van der Waals surface area contributed by atoms with E-state index in [1.807, 2.05) is 48.5 Å². The minimum Gasteiger partial charge on any atom is -0.493 e. The van der Waals surface area contributed by atoms with E-state index in [9.17, 15) is 4.79 Å². The summed E-state index contributed by atoms with van der Waals surface area (Å²) in [6.45, 7) is 1.98. The van der Waals surface area contributed by atoms with E-state index in [2.05, 4.69) is 20.6 Å². The van der Waals surface area contributed by atoms with Crippen molar-refractivity contribution in [3.8, 4) is 11.5 Å². The minimum atomic E-state index is -0.107. The van der Waals surface area contributed by atoms with Gasteiger partial charge >= 0.3 is 0 Å². The number of ketones is 1. The average molecular weight is 378 g/mol. The Morgan fingerprint density at radius 3 is 2.46 bits per heavy atom. The lowest BCUT2D eigenvalue weighted by molar-refractivity contribution is 0.101. The number of anilines is 3. The van der Waals surface area contributed by atoms with Gasteiger partial charge in [-0.15, -0.1) is 0 Å². The van der Waals surface area contributed by atoms with Gasteiger partial charge in [-0.05, 0) is 36.8 Å². The fourth-order valence-electron chi connectivity index (χ4n) is 2.65. The zero-order chi connectivity index (χ0) is 19.9. The van der Waals surface area contributed by atoms with Gasteiger partial charge in [0.25, 0.3) is 0 Å². The Morgan fingerprint density at radius 1 is 1.04 bits per heavy atom. The van der Waals surface area contributed by atoms with Crippen molar-refractivity contribution < 1.29 is 14.3 Å². The number of aromatic nitrogens is 2. The third kappa shape index (κ3) is 4.56. The van der Waals surface area contributed by atoms with Crippen molar-refractivity contribution in [2.75, 3.05) is 24.9 Å². The van der Waals surface area contributed by atoms with Crippen molar-refractivity contribution in [1.29, 1.82) is 0 Å². The molecule has 0 unspecified atom stereocenters. The fraction of sp³-hybridized carbons (Fsp3) is 0.190. The summed E-state index contributed by atoms with van der Waals surface area (Å²) in [6, 6.07) is 15.2. The largest absolute Gasteiger partial charge is 0.493 e. The van der Waals surface area contributed by atoms with Crippen LogP contribution in [0.5, 0.6) is 11.5 Å². The van der Waals surface area contributed by atoms with E-state index < -0.39 is 0 Å². The van der Waals surface area contributed by atoms with Gasteiger partial charge in [0.2, 0.25) is 5.95 Å². The monoisotopic (exact) mass is 378 g/mol. The number of carbonyl (C=O) groups is 1. The fourth-order valence-corrected chi connectivity index (χ4v) is 2.65. The van der Waals surface area contributed by atoms with E-state index in [-0.39, 0.29) is 5.78 Å². The highest BCUT2D eigenvalue weighted by Gasteiger charge is 2.12. The summed E-state index contributed by atoms with van der Waals surface area (Å²) < 4.78 is 10.6. The number of carbonyl (C=O) groups excluding carboxylic acids is 1. The highest BCUT2D eigenvalue weighted by molar-refractivity contribution is 5.99. The molecule has 0 amide bonds. The molecule has 0 radical (unpaired) electrons. The summed E-state index contributed by atoms with van der Waals surface area (Å²) >= 11 is 0. The molecule has 144 valence electrons. The molecule has 3 rings (SSSR count). The lowest BCUT2D eigenvalue weighted by atomic mass is 10.2.